The maximum absolute atomic E-state index is 13.8. The van der Waals surface area contributed by atoms with Crippen LogP contribution in [0.4, 0.5) is 5.69 Å². The zero-order valence-electron chi connectivity index (χ0n) is 21.1. The summed E-state index contributed by atoms with van der Waals surface area (Å²) in [5, 5.41) is 7.84. The first-order chi connectivity index (χ1) is 17.2. The number of amides is 1. The van der Waals surface area contributed by atoms with Gasteiger partial charge in [0.15, 0.2) is 5.76 Å². The predicted octanol–water partition coefficient (Wildman–Crippen LogP) is 3.72. The van der Waals surface area contributed by atoms with E-state index in [-0.39, 0.29) is 35.6 Å². The fourth-order valence-electron chi connectivity index (χ4n) is 5.47. The van der Waals surface area contributed by atoms with E-state index in [0.29, 0.717) is 18.8 Å². The van der Waals surface area contributed by atoms with E-state index in [4.69, 9.17) is 4.52 Å². The van der Waals surface area contributed by atoms with Crippen molar-refractivity contribution >= 4 is 33.0 Å². The number of nitrogens with zero attached hydrogens (tertiary/aromatic N) is 4. The molecule has 2 saturated heterocycles. The summed E-state index contributed by atoms with van der Waals surface area (Å²) >= 11 is 1.56. The Morgan fingerprint density at radius 1 is 1.06 bits per heavy atom. The minimum absolute atomic E-state index is 0.0308. The fraction of sp³-hybridized carbons (Fsp3) is 0.462. The summed E-state index contributed by atoms with van der Waals surface area (Å²) in [6.45, 7) is 10.6. The molecular weight excluding hydrogens is 496 g/mol. The lowest BCUT2D eigenvalue weighted by atomic mass is 9.89. The summed E-state index contributed by atoms with van der Waals surface area (Å²) in [5.74, 6) is -0.307. The first-order valence-corrected chi connectivity index (χ1v) is 14.6. The maximum Gasteiger partial charge on any atom is 0.248 e. The first kappa shape index (κ1) is 25.0. The van der Waals surface area contributed by atoms with Crippen molar-refractivity contribution in [1.82, 2.24) is 14.4 Å². The molecule has 2 atom stereocenters. The molecule has 0 spiro atoms. The van der Waals surface area contributed by atoms with E-state index >= 15 is 0 Å². The number of sulfonamides is 1. The Morgan fingerprint density at radius 3 is 2.44 bits per heavy atom. The molecule has 5 rings (SSSR count). The van der Waals surface area contributed by atoms with Crippen molar-refractivity contribution in [1.29, 1.82) is 0 Å². The smallest absolute Gasteiger partial charge is 0.248 e. The minimum Gasteiger partial charge on any atom is -0.368 e. The average molecular weight is 529 g/mol. The second-order valence-corrected chi connectivity index (χ2v) is 12.5. The molecule has 0 N–H and O–H groups in total. The van der Waals surface area contributed by atoms with Crippen LogP contribution in [0.1, 0.15) is 34.1 Å². The zero-order valence-corrected chi connectivity index (χ0v) is 22.7. The Labute approximate surface area is 216 Å². The predicted molar refractivity (Wildman–Crippen MR) is 140 cm³/mol. The van der Waals surface area contributed by atoms with Crippen molar-refractivity contribution in [2.24, 2.45) is 5.92 Å². The van der Waals surface area contributed by atoms with E-state index in [1.54, 1.807) is 25.2 Å². The highest BCUT2D eigenvalue weighted by Gasteiger charge is 2.46. The molecule has 8 nitrogen and oxygen atoms in total. The number of piperazine rings is 1. The van der Waals surface area contributed by atoms with Crippen molar-refractivity contribution in [3.05, 3.63) is 63.2 Å². The Kier molecular flexibility index (Phi) is 6.69. The second-order valence-electron chi connectivity index (χ2n) is 9.85. The number of hydrogen-bond donors (Lipinski definition) is 0. The average Bonchev–Trinajstić information content (AvgIpc) is 3.60. The maximum atomic E-state index is 13.8. The van der Waals surface area contributed by atoms with Gasteiger partial charge in [0, 0.05) is 50.9 Å². The molecule has 2 aliphatic heterocycles. The van der Waals surface area contributed by atoms with E-state index < -0.39 is 15.9 Å². The number of hydrogen-bond acceptors (Lipinski definition) is 7. The fourth-order valence-corrected chi connectivity index (χ4v) is 7.98. The molecule has 4 heterocycles. The highest BCUT2D eigenvalue weighted by molar-refractivity contribution is 7.89. The highest BCUT2D eigenvalue weighted by atomic mass is 32.2. The van der Waals surface area contributed by atoms with Crippen molar-refractivity contribution in [3.8, 4) is 0 Å². The van der Waals surface area contributed by atoms with Crippen LogP contribution in [0.2, 0.25) is 0 Å². The SMILES string of the molecule is Cc1ccc(C)c(N2CCN(C(=O)[C@@H]3CN(S(=O)(=O)c4c(C)noc4C)C[C@H]3c3ccsc3)CC2)c1. The molecule has 3 aromatic rings. The third-order valence-corrected chi connectivity index (χ3v) is 10.2. The summed E-state index contributed by atoms with van der Waals surface area (Å²) in [6, 6.07) is 8.46. The molecule has 1 amide bonds. The molecule has 192 valence electrons. The summed E-state index contributed by atoms with van der Waals surface area (Å²) in [7, 11) is -3.83. The van der Waals surface area contributed by atoms with Crippen molar-refractivity contribution in [3.63, 3.8) is 0 Å². The van der Waals surface area contributed by atoms with Crippen LogP contribution in [0.5, 0.6) is 0 Å². The van der Waals surface area contributed by atoms with E-state index in [1.807, 2.05) is 21.7 Å². The van der Waals surface area contributed by atoms with Crippen LogP contribution in [0.25, 0.3) is 0 Å². The van der Waals surface area contributed by atoms with Crippen molar-refractivity contribution < 1.29 is 17.7 Å². The van der Waals surface area contributed by atoms with Gasteiger partial charge >= 0.3 is 0 Å². The lowest BCUT2D eigenvalue weighted by molar-refractivity contribution is -0.135. The van der Waals surface area contributed by atoms with Gasteiger partial charge in [-0.05, 0) is 67.3 Å². The van der Waals surface area contributed by atoms with Gasteiger partial charge in [-0.1, -0.05) is 17.3 Å². The number of rotatable bonds is 5. The number of carbonyl (C=O) groups is 1. The quantitative estimate of drug-likeness (QED) is 0.502. The summed E-state index contributed by atoms with van der Waals surface area (Å²) in [5.41, 5.74) is 5.03. The minimum atomic E-state index is -3.83. The zero-order chi connectivity index (χ0) is 25.6. The van der Waals surface area contributed by atoms with Gasteiger partial charge in [-0.15, -0.1) is 0 Å². The topological polar surface area (TPSA) is 87.0 Å². The van der Waals surface area contributed by atoms with E-state index in [2.05, 4.69) is 42.1 Å². The molecule has 2 aromatic heterocycles. The van der Waals surface area contributed by atoms with Crippen LogP contribution in [0.3, 0.4) is 0 Å². The molecular formula is C26H32N4O4S2. The van der Waals surface area contributed by atoms with Gasteiger partial charge in [0.05, 0.1) is 5.92 Å². The highest BCUT2D eigenvalue weighted by Crippen LogP contribution is 2.39. The molecule has 1 aromatic carbocycles. The van der Waals surface area contributed by atoms with Gasteiger partial charge in [0.1, 0.15) is 10.6 Å². The summed E-state index contributed by atoms with van der Waals surface area (Å²) < 4.78 is 33.7. The molecule has 0 bridgehead atoms. The van der Waals surface area contributed by atoms with Gasteiger partial charge in [0.2, 0.25) is 15.9 Å². The lowest BCUT2D eigenvalue weighted by Crippen LogP contribution is -2.51. The Morgan fingerprint density at radius 2 is 1.81 bits per heavy atom. The van der Waals surface area contributed by atoms with Crippen LogP contribution >= 0.6 is 11.3 Å². The Hall–Kier alpha value is -2.69. The molecule has 0 aliphatic carbocycles. The van der Waals surface area contributed by atoms with Gasteiger partial charge in [-0.2, -0.15) is 15.6 Å². The number of benzene rings is 1. The van der Waals surface area contributed by atoms with Crippen LogP contribution in [0, 0.1) is 33.6 Å². The summed E-state index contributed by atoms with van der Waals surface area (Å²) in [4.78, 5) is 18.2. The number of anilines is 1. The third kappa shape index (κ3) is 4.46. The third-order valence-electron chi connectivity index (χ3n) is 7.44. The number of thiophene rings is 1. The first-order valence-electron chi connectivity index (χ1n) is 12.2. The molecule has 0 saturated carbocycles. The van der Waals surface area contributed by atoms with Crippen LogP contribution < -0.4 is 4.90 Å². The van der Waals surface area contributed by atoms with Gasteiger partial charge < -0.3 is 14.3 Å². The largest absolute Gasteiger partial charge is 0.368 e. The molecule has 36 heavy (non-hydrogen) atoms. The van der Waals surface area contributed by atoms with Crippen LogP contribution in [0.15, 0.2) is 44.4 Å². The van der Waals surface area contributed by atoms with E-state index in [1.165, 1.54) is 21.1 Å². The normalized spacial score (nSPS) is 21.3. The number of carbonyl (C=O) groups excluding carboxylic acids is 1. The van der Waals surface area contributed by atoms with E-state index in [9.17, 15) is 13.2 Å². The van der Waals surface area contributed by atoms with Crippen LogP contribution in [-0.2, 0) is 14.8 Å². The number of aryl methyl sites for hydroxylation is 4. The molecule has 2 aliphatic rings. The Bertz CT molecular complexity index is 1340. The Balaban J connectivity index is 1.36. The van der Waals surface area contributed by atoms with Crippen LogP contribution in [-0.4, -0.2) is 68.0 Å². The molecule has 0 radical (unpaired) electrons. The van der Waals surface area contributed by atoms with Gasteiger partial charge in [0.25, 0.3) is 0 Å². The molecule has 10 heteroatoms. The second kappa shape index (κ2) is 9.64. The van der Waals surface area contributed by atoms with Crippen molar-refractivity contribution in [2.45, 2.75) is 38.5 Å². The monoisotopic (exact) mass is 528 g/mol. The van der Waals surface area contributed by atoms with Gasteiger partial charge in [-0.25, -0.2) is 8.42 Å². The summed E-state index contributed by atoms with van der Waals surface area (Å²) in [6.07, 6.45) is 0. The van der Waals surface area contributed by atoms with Gasteiger partial charge in [-0.3, -0.25) is 4.79 Å². The molecule has 2 fully saturated rings. The standard InChI is InChI=1S/C26H32N4O4S2/c1-17-5-6-18(2)24(13-17)28-8-10-29(11-9-28)26(31)23-15-30(14-22(23)21-7-12-35-16-21)36(32,33)25-19(3)27-34-20(25)4/h5-7,12-13,16,22-23H,8-11,14-15H2,1-4H3/t22-,23+/m0/s1. The lowest BCUT2D eigenvalue weighted by Gasteiger charge is -2.38. The van der Waals surface area contributed by atoms with Crippen molar-refractivity contribution in [2.75, 3.05) is 44.2 Å². The van der Waals surface area contributed by atoms with E-state index in [0.717, 1.165) is 18.7 Å². The number of aromatic nitrogens is 1. The molecule has 0 unspecified atom stereocenters.